The van der Waals surface area contributed by atoms with E-state index in [2.05, 4.69) is 22.4 Å². The molecular formula is C31H35N3O5. The molecule has 2 fully saturated rings. The highest BCUT2D eigenvalue weighted by molar-refractivity contribution is 5.99. The number of nitrogens with one attached hydrogen (secondary N) is 1. The first-order valence-corrected chi connectivity index (χ1v) is 13.8. The van der Waals surface area contributed by atoms with Crippen molar-refractivity contribution in [2.45, 2.75) is 44.1 Å². The molecule has 0 spiro atoms. The van der Waals surface area contributed by atoms with Gasteiger partial charge in [0.15, 0.2) is 0 Å². The molecular weight excluding hydrogens is 494 g/mol. The van der Waals surface area contributed by atoms with Gasteiger partial charge in [-0.1, -0.05) is 60.7 Å². The van der Waals surface area contributed by atoms with Gasteiger partial charge in [-0.2, -0.15) is 0 Å². The second-order valence-corrected chi connectivity index (χ2v) is 10.4. The summed E-state index contributed by atoms with van der Waals surface area (Å²) in [5, 5.41) is 2.99. The largest absolute Gasteiger partial charge is 0.442 e. The van der Waals surface area contributed by atoms with Gasteiger partial charge in [-0.05, 0) is 48.6 Å². The number of benzene rings is 2. The van der Waals surface area contributed by atoms with Crippen LogP contribution in [-0.2, 0) is 20.7 Å². The van der Waals surface area contributed by atoms with Gasteiger partial charge in [0.05, 0.1) is 25.5 Å². The molecule has 1 saturated carbocycles. The van der Waals surface area contributed by atoms with E-state index in [-0.39, 0.29) is 29.9 Å². The molecule has 8 heteroatoms. The highest BCUT2D eigenvalue weighted by atomic mass is 16.5. The molecule has 2 heterocycles. The fraction of sp³-hybridized carbons (Fsp3) is 0.419. The van der Waals surface area contributed by atoms with Crippen molar-refractivity contribution < 1.29 is 23.5 Å². The number of ether oxygens (including phenoxy) is 1. The molecule has 4 unspecified atom stereocenters. The summed E-state index contributed by atoms with van der Waals surface area (Å²) in [5.74, 6) is -0.524. The second kappa shape index (κ2) is 12.8. The van der Waals surface area contributed by atoms with Gasteiger partial charge in [-0.15, -0.1) is 0 Å². The van der Waals surface area contributed by atoms with Crippen LogP contribution in [0.2, 0.25) is 0 Å². The lowest BCUT2D eigenvalue weighted by Gasteiger charge is -2.29. The van der Waals surface area contributed by atoms with Crippen LogP contribution in [0.4, 0.5) is 0 Å². The average molecular weight is 530 g/mol. The van der Waals surface area contributed by atoms with E-state index in [4.69, 9.17) is 9.15 Å². The molecule has 3 aromatic rings. The summed E-state index contributed by atoms with van der Waals surface area (Å²) in [6, 6.07) is 19.3. The molecule has 2 aromatic carbocycles. The fourth-order valence-corrected chi connectivity index (χ4v) is 5.43. The highest BCUT2D eigenvalue weighted by Gasteiger charge is 2.42. The van der Waals surface area contributed by atoms with E-state index in [0.717, 1.165) is 12.0 Å². The number of aryl methyl sites for hydroxylation is 1. The predicted molar refractivity (Wildman–Crippen MR) is 145 cm³/mol. The number of carbonyl (C=O) groups excluding carboxylic acids is 3. The molecule has 1 N–H and O–H groups in total. The van der Waals surface area contributed by atoms with Gasteiger partial charge >= 0.3 is 0 Å². The first kappa shape index (κ1) is 26.8. The third-order valence-electron chi connectivity index (χ3n) is 7.73. The number of rotatable bonds is 12. The van der Waals surface area contributed by atoms with Crippen molar-refractivity contribution in [1.82, 2.24) is 15.2 Å². The summed E-state index contributed by atoms with van der Waals surface area (Å²) in [5.41, 5.74) is 2.33. The highest BCUT2D eigenvalue weighted by Crippen LogP contribution is 2.51. The zero-order chi connectivity index (χ0) is 27.0. The topological polar surface area (TPSA) is 102 Å². The van der Waals surface area contributed by atoms with Crippen molar-refractivity contribution in [3.63, 3.8) is 0 Å². The number of nitrogens with zero attached hydrogens (tertiary/aromatic N) is 2. The monoisotopic (exact) mass is 529 g/mol. The van der Waals surface area contributed by atoms with Crippen molar-refractivity contribution in [2.75, 3.05) is 26.3 Å². The summed E-state index contributed by atoms with van der Waals surface area (Å²) < 4.78 is 10.7. The van der Waals surface area contributed by atoms with E-state index in [9.17, 15) is 14.4 Å². The van der Waals surface area contributed by atoms with Crippen LogP contribution in [0, 0.1) is 11.8 Å². The van der Waals surface area contributed by atoms with Crippen molar-refractivity contribution >= 4 is 17.6 Å². The van der Waals surface area contributed by atoms with Gasteiger partial charge in [-0.3, -0.25) is 14.4 Å². The lowest BCUT2D eigenvalue weighted by atomic mass is 9.93. The first-order valence-electron chi connectivity index (χ1n) is 13.8. The molecule has 2 amide bonds. The molecule has 4 atom stereocenters. The number of oxazole rings is 1. The summed E-state index contributed by atoms with van der Waals surface area (Å²) in [4.78, 5) is 46.0. The summed E-state index contributed by atoms with van der Waals surface area (Å²) in [6.45, 7) is 2.08. The Morgan fingerprint density at radius 2 is 1.72 bits per heavy atom. The van der Waals surface area contributed by atoms with Crippen LogP contribution in [0.1, 0.15) is 53.4 Å². The van der Waals surface area contributed by atoms with Crippen LogP contribution in [0.25, 0.3) is 0 Å². The van der Waals surface area contributed by atoms with Gasteiger partial charge in [0.25, 0.3) is 5.89 Å². The van der Waals surface area contributed by atoms with E-state index >= 15 is 0 Å². The van der Waals surface area contributed by atoms with Crippen LogP contribution in [0.3, 0.4) is 0 Å². The number of amides is 2. The molecule has 1 aliphatic heterocycles. The van der Waals surface area contributed by atoms with Gasteiger partial charge in [0.1, 0.15) is 6.26 Å². The molecule has 1 saturated heterocycles. The van der Waals surface area contributed by atoms with E-state index in [1.54, 1.807) is 4.90 Å². The van der Waals surface area contributed by atoms with Gasteiger partial charge in [0.2, 0.25) is 17.6 Å². The maximum absolute atomic E-state index is 13.8. The van der Waals surface area contributed by atoms with E-state index in [0.29, 0.717) is 57.4 Å². The third-order valence-corrected chi connectivity index (χ3v) is 7.73. The Bertz CT molecular complexity index is 1230. The predicted octanol–water partition coefficient (Wildman–Crippen LogP) is 4.03. The normalized spacial score (nSPS) is 20.2. The second-order valence-electron chi connectivity index (χ2n) is 10.4. The number of Topliss-reactive ketones (excluding diaryl/α,β-unsaturated/α-hetero) is 1. The zero-order valence-corrected chi connectivity index (χ0v) is 22.0. The van der Waals surface area contributed by atoms with Crippen LogP contribution in [0.15, 0.2) is 77.5 Å². The maximum atomic E-state index is 13.8. The average Bonchev–Trinajstić information content (AvgIpc) is 3.53. The Labute approximate surface area is 228 Å². The quantitative estimate of drug-likeness (QED) is 0.356. The number of ketones is 1. The SMILES string of the molecule is O=C(NC(CCc1ccccc1)C(=O)c1ncco1)C(CC(=O)N1CCOCC1)CC1CC1c1ccccc1. The number of carbonyl (C=O) groups is 3. The molecule has 1 aromatic heterocycles. The van der Waals surface area contributed by atoms with Crippen LogP contribution in [-0.4, -0.2) is 59.8 Å². The third kappa shape index (κ3) is 7.20. The Balaban J connectivity index is 1.30. The molecule has 39 heavy (non-hydrogen) atoms. The number of aromatic nitrogens is 1. The van der Waals surface area contributed by atoms with E-state index in [1.165, 1.54) is 18.0 Å². The smallest absolute Gasteiger partial charge is 0.265 e. The Kier molecular flexibility index (Phi) is 8.83. The zero-order valence-electron chi connectivity index (χ0n) is 22.0. The minimum atomic E-state index is -0.804. The molecule has 2 aliphatic rings. The molecule has 8 nitrogen and oxygen atoms in total. The number of hydrogen-bond acceptors (Lipinski definition) is 6. The van der Waals surface area contributed by atoms with Gasteiger partial charge in [-0.25, -0.2) is 4.98 Å². The first-order chi connectivity index (χ1) is 19.1. The lowest BCUT2D eigenvalue weighted by Crippen LogP contribution is -2.46. The molecule has 0 bridgehead atoms. The van der Waals surface area contributed by atoms with Gasteiger partial charge < -0.3 is 19.4 Å². The summed E-state index contributed by atoms with van der Waals surface area (Å²) in [6.07, 6.45) is 5.48. The number of hydrogen-bond donors (Lipinski definition) is 1. The van der Waals surface area contributed by atoms with Crippen LogP contribution < -0.4 is 5.32 Å². The Hall–Kier alpha value is -3.78. The molecule has 5 rings (SSSR count). The minimum absolute atomic E-state index is 0.0272. The van der Waals surface area contributed by atoms with Crippen LogP contribution >= 0.6 is 0 Å². The summed E-state index contributed by atoms with van der Waals surface area (Å²) in [7, 11) is 0. The minimum Gasteiger partial charge on any atom is -0.442 e. The number of morpholine rings is 1. The van der Waals surface area contributed by atoms with E-state index < -0.39 is 12.0 Å². The van der Waals surface area contributed by atoms with Crippen molar-refractivity contribution in [2.24, 2.45) is 11.8 Å². The Morgan fingerprint density at radius 3 is 2.41 bits per heavy atom. The fourth-order valence-electron chi connectivity index (χ4n) is 5.43. The molecule has 204 valence electrons. The van der Waals surface area contributed by atoms with Crippen molar-refractivity contribution in [1.29, 1.82) is 0 Å². The molecule has 1 aliphatic carbocycles. The lowest BCUT2D eigenvalue weighted by molar-refractivity contribution is -0.139. The van der Waals surface area contributed by atoms with Crippen molar-refractivity contribution in [3.05, 3.63) is 90.1 Å². The standard InChI is InChI=1S/C31H35N3O5/c35-28(34-14-17-38-18-15-34)21-25(19-24-20-26(24)23-9-5-2-6-10-23)30(37)33-27(29(36)31-32-13-16-39-31)12-11-22-7-3-1-4-8-22/h1-10,13,16,24-27H,11-12,14-15,17-21H2,(H,33,37). The maximum Gasteiger partial charge on any atom is 0.265 e. The van der Waals surface area contributed by atoms with E-state index in [1.807, 2.05) is 48.5 Å². The van der Waals surface area contributed by atoms with Gasteiger partial charge in [0, 0.05) is 25.4 Å². The van der Waals surface area contributed by atoms with Crippen molar-refractivity contribution in [3.8, 4) is 0 Å². The van der Waals surface area contributed by atoms with Crippen LogP contribution in [0.5, 0.6) is 0 Å². The molecule has 0 radical (unpaired) electrons. The summed E-state index contributed by atoms with van der Waals surface area (Å²) >= 11 is 0. The Morgan fingerprint density at radius 1 is 1.00 bits per heavy atom.